The Morgan fingerprint density at radius 2 is 1.72 bits per heavy atom. The summed E-state index contributed by atoms with van der Waals surface area (Å²) in [6.45, 7) is 1.53. The summed E-state index contributed by atoms with van der Waals surface area (Å²) < 4.78 is 0. The molecule has 0 radical (unpaired) electrons. The van der Waals surface area contributed by atoms with Gasteiger partial charge in [0.05, 0.1) is 0 Å². The number of rotatable bonds is 1. The largest absolute Gasteiger partial charge is 0.465 e. The molecule has 6 heteroatoms. The van der Waals surface area contributed by atoms with E-state index in [9.17, 15) is 9.59 Å². The molecule has 1 N–H and O–H groups in total. The van der Waals surface area contributed by atoms with E-state index < -0.39 is 6.09 Å². The van der Waals surface area contributed by atoms with Crippen LogP contribution in [0.2, 0.25) is 5.02 Å². The van der Waals surface area contributed by atoms with E-state index in [-0.39, 0.29) is 5.91 Å². The molecular formula is C12H13ClN2O3. The number of benzene rings is 1. The maximum Gasteiger partial charge on any atom is 0.407 e. The van der Waals surface area contributed by atoms with Crippen LogP contribution in [-0.2, 0) is 0 Å². The lowest BCUT2D eigenvalue weighted by atomic mass is 10.2. The van der Waals surface area contributed by atoms with Crippen LogP contribution in [0.25, 0.3) is 0 Å². The summed E-state index contributed by atoms with van der Waals surface area (Å²) in [7, 11) is 0. The van der Waals surface area contributed by atoms with Gasteiger partial charge in [-0.3, -0.25) is 4.79 Å². The van der Waals surface area contributed by atoms with Gasteiger partial charge in [0.2, 0.25) is 0 Å². The number of nitrogens with zero attached hydrogens (tertiary/aromatic N) is 2. The molecule has 5 nitrogen and oxygen atoms in total. The number of piperazine rings is 1. The second kappa shape index (κ2) is 5.27. The van der Waals surface area contributed by atoms with Gasteiger partial charge < -0.3 is 14.9 Å². The summed E-state index contributed by atoms with van der Waals surface area (Å²) in [6, 6.07) is 6.76. The molecule has 96 valence electrons. The van der Waals surface area contributed by atoms with Crippen LogP contribution in [0.5, 0.6) is 0 Å². The van der Waals surface area contributed by atoms with Gasteiger partial charge in [0.15, 0.2) is 0 Å². The summed E-state index contributed by atoms with van der Waals surface area (Å²) in [5, 5.41) is 9.34. The van der Waals surface area contributed by atoms with Crippen molar-refractivity contribution in [2.45, 2.75) is 0 Å². The average molecular weight is 269 g/mol. The summed E-state index contributed by atoms with van der Waals surface area (Å²) in [4.78, 5) is 25.8. The highest BCUT2D eigenvalue weighted by Gasteiger charge is 2.24. The van der Waals surface area contributed by atoms with Crippen molar-refractivity contribution in [3.05, 3.63) is 34.9 Å². The Bertz CT molecular complexity index is 470. The van der Waals surface area contributed by atoms with E-state index in [0.717, 1.165) is 0 Å². The summed E-state index contributed by atoms with van der Waals surface area (Å²) >= 11 is 5.84. The number of amides is 2. The number of carbonyl (C=O) groups excluding carboxylic acids is 1. The van der Waals surface area contributed by atoms with E-state index in [1.165, 1.54) is 4.90 Å². The van der Waals surface area contributed by atoms with Crippen LogP contribution in [0.15, 0.2) is 24.3 Å². The molecule has 2 amide bonds. The zero-order valence-electron chi connectivity index (χ0n) is 9.67. The monoisotopic (exact) mass is 268 g/mol. The van der Waals surface area contributed by atoms with Gasteiger partial charge >= 0.3 is 6.09 Å². The summed E-state index contributed by atoms with van der Waals surface area (Å²) in [5.41, 5.74) is 0.534. The molecule has 0 saturated carbocycles. The number of hydrogen-bond donors (Lipinski definition) is 1. The molecule has 1 aliphatic heterocycles. The minimum Gasteiger partial charge on any atom is -0.465 e. The smallest absolute Gasteiger partial charge is 0.407 e. The normalized spacial score (nSPS) is 15.6. The zero-order valence-corrected chi connectivity index (χ0v) is 10.4. The average Bonchev–Trinajstić information content (AvgIpc) is 2.38. The molecule has 0 aliphatic carbocycles. The molecule has 0 aromatic heterocycles. The fraction of sp³-hybridized carbons (Fsp3) is 0.333. The Labute approximate surface area is 110 Å². The van der Waals surface area contributed by atoms with Crippen molar-refractivity contribution in [1.82, 2.24) is 9.80 Å². The molecule has 1 saturated heterocycles. The van der Waals surface area contributed by atoms with Gasteiger partial charge in [-0.25, -0.2) is 4.79 Å². The highest BCUT2D eigenvalue weighted by Crippen LogP contribution is 2.14. The van der Waals surface area contributed by atoms with E-state index in [4.69, 9.17) is 16.7 Å². The maximum atomic E-state index is 12.1. The van der Waals surface area contributed by atoms with Crippen LogP contribution in [0, 0.1) is 0 Å². The van der Waals surface area contributed by atoms with Crippen molar-refractivity contribution in [2.75, 3.05) is 26.2 Å². The predicted octanol–water partition coefficient (Wildman–Crippen LogP) is 1.78. The first-order valence-electron chi connectivity index (χ1n) is 5.60. The third-order valence-electron chi connectivity index (χ3n) is 2.91. The van der Waals surface area contributed by atoms with Gasteiger partial charge in [-0.2, -0.15) is 0 Å². The molecular weight excluding hydrogens is 256 g/mol. The van der Waals surface area contributed by atoms with E-state index in [2.05, 4.69) is 0 Å². The van der Waals surface area contributed by atoms with E-state index in [1.54, 1.807) is 29.2 Å². The van der Waals surface area contributed by atoms with Crippen molar-refractivity contribution in [3.8, 4) is 0 Å². The molecule has 1 heterocycles. The van der Waals surface area contributed by atoms with Gasteiger partial charge in [0.1, 0.15) is 0 Å². The first kappa shape index (κ1) is 12.7. The number of halogens is 1. The SMILES string of the molecule is O=C(O)N1CCN(C(=O)c2cccc(Cl)c2)CC1. The van der Waals surface area contributed by atoms with Crippen LogP contribution in [0.4, 0.5) is 4.79 Å². The number of carbonyl (C=O) groups is 2. The quantitative estimate of drug-likeness (QED) is 0.844. The molecule has 1 aromatic carbocycles. The van der Waals surface area contributed by atoms with Gasteiger partial charge in [0.25, 0.3) is 5.91 Å². The Kier molecular flexibility index (Phi) is 3.72. The Hall–Kier alpha value is -1.75. The Morgan fingerprint density at radius 1 is 1.11 bits per heavy atom. The summed E-state index contributed by atoms with van der Waals surface area (Å²) in [5.74, 6) is -0.109. The highest BCUT2D eigenvalue weighted by atomic mass is 35.5. The molecule has 0 bridgehead atoms. The maximum absolute atomic E-state index is 12.1. The molecule has 0 spiro atoms. The molecule has 0 unspecified atom stereocenters. The van der Waals surface area contributed by atoms with Crippen LogP contribution in [0.3, 0.4) is 0 Å². The van der Waals surface area contributed by atoms with Crippen molar-refractivity contribution in [3.63, 3.8) is 0 Å². The first-order valence-corrected chi connectivity index (χ1v) is 5.98. The molecule has 18 heavy (non-hydrogen) atoms. The van der Waals surface area contributed by atoms with Crippen LogP contribution in [0.1, 0.15) is 10.4 Å². The van der Waals surface area contributed by atoms with Crippen LogP contribution >= 0.6 is 11.6 Å². The van der Waals surface area contributed by atoms with Gasteiger partial charge in [0, 0.05) is 36.8 Å². The highest BCUT2D eigenvalue weighted by molar-refractivity contribution is 6.30. The van der Waals surface area contributed by atoms with Crippen molar-refractivity contribution < 1.29 is 14.7 Å². The number of carboxylic acid groups (broad SMARTS) is 1. The molecule has 1 fully saturated rings. The number of hydrogen-bond acceptors (Lipinski definition) is 2. The lowest BCUT2D eigenvalue weighted by Crippen LogP contribution is -2.50. The van der Waals surface area contributed by atoms with E-state index in [1.807, 2.05) is 0 Å². The predicted molar refractivity (Wildman–Crippen MR) is 67.0 cm³/mol. The third kappa shape index (κ3) is 2.73. The fourth-order valence-corrected chi connectivity index (χ4v) is 2.10. The Balaban J connectivity index is 2.02. The molecule has 2 rings (SSSR count). The zero-order chi connectivity index (χ0) is 13.1. The molecule has 1 aromatic rings. The van der Waals surface area contributed by atoms with Crippen molar-refractivity contribution in [1.29, 1.82) is 0 Å². The second-order valence-electron chi connectivity index (χ2n) is 4.07. The minimum absolute atomic E-state index is 0.109. The molecule has 1 aliphatic rings. The van der Waals surface area contributed by atoms with Gasteiger partial charge in [-0.05, 0) is 18.2 Å². The molecule has 0 atom stereocenters. The summed E-state index contributed by atoms with van der Waals surface area (Å²) in [6.07, 6.45) is -0.940. The minimum atomic E-state index is -0.940. The van der Waals surface area contributed by atoms with E-state index >= 15 is 0 Å². The lowest BCUT2D eigenvalue weighted by Gasteiger charge is -2.33. The standard InChI is InChI=1S/C12H13ClN2O3/c13-10-3-1-2-9(8-10)11(16)14-4-6-15(7-5-14)12(17)18/h1-3,8H,4-7H2,(H,17,18). The third-order valence-corrected chi connectivity index (χ3v) is 3.14. The first-order chi connectivity index (χ1) is 8.58. The fourth-order valence-electron chi connectivity index (χ4n) is 1.90. The second-order valence-corrected chi connectivity index (χ2v) is 4.51. The van der Waals surface area contributed by atoms with Gasteiger partial charge in [-0.15, -0.1) is 0 Å². The Morgan fingerprint density at radius 3 is 2.28 bits per heavy atom. The lowest BCUT2D eigenvalue weighted by molar-refractivity contribution is 0.0625. The van der Waals surface area contributed by atoms with Crippen LogP contribution in [-0.4, -0.2) is 53.1 Å². The van der Waals surface area contributed by atoms with Crippen molar-refractivity contribution in [2.24, 2.45) is 0 Å². The van der Waals surface area contributed by atoms with Crippen LogP contribution < -0.4 is 0 Å². The van der Waals surface area contributed by atoms with E-state index in [0.29, 0.717) is 36.8 Å². The van der Waals surface area contributed by atoms with Crippen molar-refractivity contribution >= 4 is 23.6 Å². The topological polar surface area (TPSA) is 60.9 Å². The van der Waals surface area contributed by atoms with Gasteiger partial charge in [-0.1, -0.05) is 17.7 Å².